The van der Waals surface area contributed by atoms with Gasteiger partial charge in [0.1, 0.15) is 23.1 Å². The fourth-order valence-electron chi connectivity index (χ4n) is 3.74. The first-order valence-electron chi connectivity index (χ1n) is 11.1. The Morgan fingerprint density at radius 3 is 2.60 bits per heavy atom. The summed E-state index contributed by atoms with van der Waals surface area (Å²) in [6.07, 6.45) is 1.78. The maximum atomic E-state index is 14.7. The number of aromatic nitrogens is 2. The van der Waals surface area contributed by atoms with Gasteiger partial charge in [-0.3, -0.25) is 4.98 Å². The fourth-order valence-corrected chi connectivity index (χ4v) is 3.93. The van der Waals surface area contributed by atoms with Gasteiger partial charge in [0.2, 0.25) is 0 Å². The number of fused-ring (bicyclic) bond motifs is 1. The minimum Gasteiger partial charge on any atom is -0.457 e. The van der Waals surface area contributed by atoms with Crippen molar-refractivity contribution >= 4 is 45.9 Å². The molecular formula is C25H22ClFN6O2. The minimum atomic E-state index is -0.634. The van der Waals surface area contributed by atoms with E-state index in [1.54, 1.807) is 48.7 Å². The van der Waals surface area contributed by atoms with Gasteiger partial charge in [-0.2, -0.15) is 0 Å². The highest BCUT2D eigenvalue weighted by molar-refractivity contribution is 6.30. The Morgan fingerprint density at radius 2 is 1.80 bits per heavy atom. The van der Waals surface area contributed by atoms with Crippen molar-refractivity contribution in [3.63, 3.8) is 0 Å². The second-order valence-corrected chi connectivity index (χ2v) is 8.39. The number of carbonyl (C=O) groups is 1. The summed E-state index contributed by atoms with van der Waals surface area (Å²) < 4.78 is 20.5. The molecule has 0 aliphatic carbocycles. The third kappa shape index (κ3) is 5.59. The normalized spacial score (nSPS) is 13.5. The lowest BCUT2D eigenvalue weighted by atomic mass is 10.2. The van der Waals surface area contributed by atoms with Gasteiger partial charge in [-0.15, -0.1) is 0 Å². The van der Waals surface area contributed by atoms with Crippen molar-refractivity contribution in [3.05, 3.63) is 77.7 Å². The second kappa shape index (κ2) is 10.1. The third-order valence-electron chi connectivity index (χ3n) is 5.45. The predicted molar refractivity (Wildman–Crippen MR) is 135 cm³/mol. The Bertz CT molecular complexity index is 1380. The third-order valence-corrected chi connectivity index (χ3v) is 5.68. The van der Waals surface area contributed by atoms with Crippen LogP contribution in [0.1, 0.15) is 0 Å². The molecule has 3 N–H and O–H groups in total. The number of nitrogens with one attached hydrogen (secondary N) is 3. The van der Waals surface area contributed by atoms with Gasteiger partial charge in [-0.05, 0) is 42.5 Å². The van der Waals surface area contributed by atoms with E-state index in [0.29, 0.717) is 22.0 Å². The van der Waals surface area contributed by atoms with Crippen molar-refractivity contribution in [1.82, 2.24) is 15.3 Å². The number of amides is 2. The van der Waals surface area contributed by atoms with E-state index in [4.69, 9.17) is 21.3 Å². The molecule has 1 aliphatic heterocycles. The van der Waals surface area contributed by atoms with E-state index in [2.05, 4.69) is 25.8 Å². The Balaban J connectivity index is 1.27. The smallest absolute Gasteiger partial charge is 0.323 e. The number of carbonyl (C=O) groups excluding carboxylic acids is 1. The van der Waals surface area contributed by atoms with Crippen LogP contribution in [0.25, 0.3) is 11.0 Å². The van der Waals surface area contributed by atoms with Crippen molar-refractivity contribution in [2.24, 2.45) is 0 Å². The van der Waals surface area contributed by atoms with E-state index in [0.717, 1.165) is 37.5 Å². The fraction of sp³-hybridized carbons (Fsp3) is 0.160. The maximum Gasteiger partial charge on any atom is 0.323 e. The molecule has 0 saturated carbocycles. The summed E-state index contributed by atoms with van der Waals surface area (Å²) in [6.45, 7) is 3.55. The molecule has 2 heterocycles. The quantitative estimate of drug-likeness (QED) is 0.351. The van der Waals surface area contributed by atoms with E-state index in [1.165, 1.54) is 12.1 Å². The van der Waals surface area contributed by atoms with Crippen LogP contribution in [-0.4, -0.2) is 42.2 Å². The SMILES string of the molecule is O=C(Nc1cccc(Cl)c1)Nc1ccc(Oc2ccc3ncc(N4CCNCC4)nc3c2)cc1F. The van der Waals surface area contributed by atoms with Gasteiger partial charge in [-0.1, -0.05) is 17.7 Å². The number of anilines is 3. The first-order valence-corrected chi connectivity index (χ1v) is 11.4. The summed E-state index contributed by atoms with van der Waals surface area (Å²) in [6, 6.07) is 15.6. The van der Waals surface area contributed by atoms with Crippen LogP contribution in [0.3, 0.4) is 0 Å². The van der Waals surface area contributed by atoms with Gasteiger partial charge in [0, 0.05) is 49.0 Å². The number of piperazine rings is 1. The Labute approximate surface area is 206 Å². The lowest BCUT2D eigenvalue weighted by Crippen LogP contribution is -2.43. The zero-order valence-electron chi connectivity index (χ0n) is 18.6. The van der Waals surface area contributed by atoms with Crippen LogP contribution in [0, 0.1) is 5.82 Å². The van der Waals surface area contributed by atoms with Crippen molar-refractivity contribution in [2.45, 2.75) is 0 Å². The maximum absolute atomic E-state index is 14.7. The van der Waals surface area contributed by atoms with Gasteiger partial charge in [0.15, 0.2) is 0 Å². The van der Waals surface area contributed by atoms with Gasteiger partial charge < -0.3 is 25.6 Å². The molecule has 1 fully saturated rings. The summed E-state index contributed by atoms with van der Waals surface area (Å²) in [5.74, 6) is 0.968. The molecule has 5 rings (SSSR count). The summed E-state index contributed by atoms with van der Waals surface area (Å²) in [4.78, 5) is 23.6. The summed E-state index contributed by atoms with van der Waals surface area (Å²) in [7, 11) is 0. The van der Waals surface area contributed by atoms with E-state index in [1.807, 2.05) is 6.07 Å². The summed E-state index contributed by atoms with van der Waals surface area (Å²) >= 11 is 5.92. The van der Waals surface area contributed by atoms with Crippen LogP contribution in [0.5, 0.6) is 11.5 Å². The average Bonchev–Trinajstić information content (AvgIpc) is 2.86. The topological polar surface area (TPSA) is 91.4 Å². The van der Waals surface area contributed by atoms with Crippen LogP contribution in [0.2, 0.25) is 5.02 Å². The van der Waals surface area contributed by atoms with Crippen molar-refractivity contribution in [2.75, 3.05) is 41.7 Å². The summed E-state index contributed by atoms with van der Waals surface area (Å²) in [5, 5.41) is 8.88. The molecule has 0 atom stereocenters. The Morgan fingerprint density at radius 1 is 1.00 bits per heavy atom. The zero-order chi connectivity index (χ0) is 24.2. The zero-order valence-corrected chi connectivity index (χ0v) is 19.3. The molecule has 0 bridgehead atoms. The molecular weight excluding hydrogens is 471 g/mol. The van der Waals surface area contributed by atoms with Crippen LogP contribution in [-0.2, 0) is 0 Å². The van der Waals surface area contributed by atoms with Crippen LogP contribution >= 0.6 is 11.6 Å². The number of hydrogen-bond acceptors (Lipinski definition) is 6. The predicted octanol–water partition coefficient (Wildman–Crippen LogP) is 5.27. The second-order valence-electron chi connectivity index (χ2n) is 7.95. The highest BCUT2D eigenvalue weighted by Gasteiger charge is 2.14. The van der Waals surface area contributed by atoms with Gasteiger partial charge in [0.05, 0.1) is 22.9 Å². The number of rotatable bonds is 5. The molecule has 1 saturated heterocycles. The molecule has 0 unspecified atom stereocenters. The largest absolute Gasteiger partial charge is 0.457 e. The van der Waals surface area contributed by atoms with E-state index < -0.39 is 11.8 Å². The molecule has 3 aromatic carbocycles. The highest BCUT2D eigenvalue weighted by atomic mass is 35.5. The molecule has 2 amide bonds. The lowest BCUT2D eigenvalue weighted by molar-refractivity contribution is 0.262. The number of hydrogen-bond donors (Lipinski definition) is 3. The van der Waals surface area contributed by atoms with E-state index in [9.17, 15) is 9.18 Å². The van der Waals surface area contributed by atoms with E-state index in [-0.39, 0.29) is 11.4 Å². The minimum absolute atomic E-state index is 0.0157. The number of ether oxygens (including phenoxy) is 1. The first kappa shape index (κ1) is 22.8. The standard InChI is InChI=1S/C25H22ClFN6O2/c26-16-2-1-3-17(12-16)30-25(34)32-21-6-4-18(13-20(21)27)35-19-5-7-22-23(14-19)31-24(15-29-22)33-10-8-28-9-11-33/h1-7,12-15,28H,8-11H2,(H2,30,32,34). The summed E-state index contributed by atoms with van der Waals surface area (Å²) in [5.41, 5.74) is 1.94. The number of nitrogens with zero attached hydrogens (tertiary/aromatic N) is 3. The molecule has 0 radical (unpaired) electrons. The van der Waals surface area contributed by atoms with Crippen molar-refractivity contribution in [1.29, 1.82) is 0 Å². The molecule has 10 heteroatoms. The molecule has 35 heavy (non-hydrogen) atoms. The molecule has 4 aromatic rings. The molecule has 1 aromatic heterocycles. The number of halogens is 2. The number of urea groups is 1. The molecule has 0 spiro atoms. The monoisotopic (exact) mass is 492 g/mol. The van der Waals surface area contributed by atoms with Crippen molar-refractivity contribution < 1.29 is 13.9 Å². The van der Waals surface area contributed by atoms with Crippen molar-refractivity contribution in [3.8, 4) is 11.5 Å². The molecule has 178 valence electrons. The van der Waals surface area contributed by atoms with Crippen LogP contribution < -0.4 is 25.6 Å². The van der Waals surface area contributed by atoms with Crippen LogP contribution in [0.15, 0.2) is 66.9 Å². The Hall–Kier alpha value is -3.95. The van der Waals surface area contributed by atoms with Crippen LogP contribution in [0.4, 0.5) is 26.4 Å². The van der Waals surface area contributed by atoms with Gasteiger partial charge in [-0.25, -0.2) is 14.2 Å². The Kier molecular flexibility index (Phi) is 6.60. The lowest BCUT2D eigenvalue weighted by Gasteiger charge is -2.28. The first-order chi connectivity index (χ1) is 17.0. The average molecular weight is 493 g/mol. The number of benzene rings is 3. The van der Waals surface area contributed by atoms with Gasteiger partial charge >= 0.3 is 6.03 Å². The van der Waals surface area contributed by atoms with E-state index >= 15 is 0 Å². The molecule has 8 nitrogen and oxygen atoms in total. The molecule has 1 aliphatic rings. The highest BCUT2D eigenvalue weighted by Crippen LogP contribution is 2.28. The van der Waals surface area contributed by atoms with Gasteiger partial charge in [0.25, 0.3) is 0 Å².